The van der Waals surface area contributed by atoms with Crippen LogP contribution >= 0.6 is 15.9 Å². The van der Waals surface area contributed by atoms with Gasteiger partial charge in [0.2, 0.25) is 5.91 Å². The van der Waals surface area contributed by atoms with Crippen LogP contribution in [0.25, 0.3) is 0 Å². The smallest absolute Gasteiger partial charge is 0.223 e. The lowest BCUT2D eigenvalue weighted by Crippen LogP contribution is -2.28. The lowest BCUT2D eigenvalue weighted by molar-refractivity contribution is -0.129. The number of halogens is 1. The molecule has 0 aromatic carbocycles. The predicted octanol–water partition coefficient (Wildman–Crippen LogP) is 1.81. The molecule has 11 heavy (non-hydrogen) atoms. The largest absolute Gasteiger partial charge is 0.342 e. The number of carbonyl (C=O) groups is 1. The molecule has 2 nitrogen and oxygen atoms in total. The third-order valence-electron chi connectivity index (χ3n) is 1.24. The molecule has 0 aromatic rings. The van der Waals surface area contributed by atoms with Gasteiger partial charge in [-0.2, -0.15) is 0 Å². The standard InChI is InChI=1S/C8H14BrNO/c1-7(2)6-10(3)8(11)4-5-9/h1,4-6H2,2-3H3. The molecular weight excluding hydrogens is 206 g/mol. The van der Waals surface area contributed by atoms with Crippen LogP contribution in [0.2, 0.25) is 0 Å². The van der Waals surface area contributed by atoms with Crippen molar-refractivity contribution in [2.75, 3.05) is 18.9 Å². The van der Waals surface area contributed by atoms with Crippen molar-refractivity contribution in [1.29, 1.82) is 0 Å². The van der Waals surface area contributed by atoms with E-state index in [2.05, 4.69) is 22.5 Å². The zero-order chi connectivity index (χ0) is 8.85. The van der Waals surface area contributed by atoms with E-state index in [4.69, 9.17) is 0 Å². The molecule has 0 spiro atoms. The minimum absolute atomic E-state index is 0.157. The molecule has 64 valence electrons. The maximum absolute atomic E-state index is 11.1. The number of carbonyl (C=O) groups excluding carboxylic acids is 1. The lowest BCUT2D eigenvalue weighted by Gasteiger charge is -2.15. The van der Waals surface area contributed by atoms with Crippen molar-refractivity contribution in [2.45, 2.75) is 13.3 Å². The maximum Gasteiger partial charge on any atom is 0.223 e. The van der Waals surface area contributed by atoms with Gasteiger partial charge < -0.3 is 4.90 Å². The molecule has 0 rings (SSSR count). The number of hydrogen-bond donors (Lipinski definition) is 0. The van der Waals surface area contributed by atoms with Gasteiger partial charge in [-0.05, 0) is 6.92 Å². The van der Waals surface area contributed by atoms with Crippen LogP contribution in [0.5, 0.6) is 0 Å². The molecular formula is C8H14BrNO. The third kappa shape index (κ3) is 5.01. The summed E-state index contributed by atoms with van der Waals surface area (Å²) < 4.78 is 0. The van der Waals surface area contributed by atoms with E-state index >= 15 is 0 Å². The van der Waals surface area contributed by atoms with E-state index in [1.165, 1.54) is 0 Å². The Morgan fingerprint density at radius 1 is 1.64 bits per heavy atom. The Bertz CT molecular complexity index is 156. The van der Waals surface area contributed by atoms with E-state index in [0.717, 1.165) is 10.9 Å². The van der Waals surface area contributed by atoms with Crippen molar-refractivity contribution in [3.05, 3.63) is 12.2 Å². The van der Waals surface area contributed by atoms with Crippen LogP contribution in [-0.4, -0.2) is 29.7 Å². The number of amides is 1. The highest BCUT2D eigenvalue weighted by molar-refractivity contribution is 9.09. The molecule has 1 amide bonds. The first-order chi connectivity index (χ1) is 5.07. The van der Waals surface area contributed by atoms with E-state index in [0.29, 0.717) is 13.0 Å². The Balaban J connectivity index is 3.73. The Morgan fingerprint density at radius 3 is 2.55 bits per heavy atom. The molecule has 0 heterocycles. The van der Waals surface area contributed by atoms with Crippen LogP contribution < -0.4 is 0 Å². The monoisotopic (exact) mass is 219 g/mol. The normalized spacial score (nSPS) is 9.36. The van der Waals surface area contributed by atoms with E-state index in [9.17, 15) is 4.79 Å². The molecule has 0 bridgehead atoms. The van der Waals surface area contributed by atoms with Gasteiger partial charge >= 0.3 is 0 Å². The van der Waals surface area contributed by atoms with Crippen LogP contribution in [0.4, 0.5) is 0 Å². The van der Waals surface area contributed by atoms with Gasteiger partial charge in [0.15, 0.2) is 0 Å². The average Bonchev–Trinajstić information content (AvgIpc) is 1.86. The minimum atomic E-state index is 0.157. The van der Waals surface area contributed by atoms with E-state index < -0.39 is 0 Å². The topological polar surface area (TPSA) is 20.3 Å². The number of alkyl halides is 1. The second-order valence-electron chi connectivity index (χ2n) is 2.65. The van der Waals surface area contributed by atoms with Gasteiger partial charge in [-0.3, -0.25) is 4.79 Å². The summed E-state index contributed by atoms with van der Waals surface area (Å²) in [5, 5.41) is 0.729. The molecule has 0 aliphatic heterocycles. The van der Waals surface area contributed by atoms with Crippen LogP contribution in [0.3, 0.4) is 0 Å². The molecule has 0 N–H and O–H groups in total. The number of nitrogens with zero attached hydrogens (tertiary/aromatic N) is 1. The van der Waals surface area contributed by atoms with Gasteiger partial charge in [-0.1, -0.05) is 28.1 Å². The Labute approximate surface area is 76.4 Å². The van der Waals surface area contributed by atoms with Gasteiger partial charge in [0, 0.05) is 25.3 Å². The second kappa shape index (κ2) is 5.35. The Hall–Kier alpha value is -0.310. The molecule has 0 fully saturated rings. The zero-order valence-corrected chi connectivity index (χ0v) is 8.65. The summed E-state index contributed by atoms with van der Waals surface area (Å²) in [6.45, 7) is 6.31. The second-order valence-corrected chi connectivity index (χ2v) is 3.44. The SMILES string of the molecule is C=C(C)CN(C)C(=O)CCBr. The van der Waals surface area contributed by atoms with Gasteiger partial charge in [0.05, 0.1) is 0 Å². The quantitative estimate of drug-likeness (QED) is 0.522. The summed E-state index contributed by atoms with van der Waals surface area (Å²) in [6.07, 6.45) is 0.559. The highest BCUT2D eigenvalue weighted by atomic mass is 79.9. The van der Waals surface area contributed by atoms with Crippen molar-refractivity contribution in [2.24, 2.45) is 0 Å². The molecule has 0 saturated heterocycles. The summed E-state index contributed by atoms with van der Waals surface area (Å²) >= 11 is 3.21. The van der Waals surface area contributed by atoms with Crippen LogP contribution in [0.15, 0.2) is 12.2 Å². The third-order valence-corrected chi connectivity index (χ3v) is 1.64. The molecule has 3 heteroatoms. The van der Waals surface area contributed by atoms with Crippen molar-refractivity contribution in [1.82, 2.24) is 4.90 Å². The van der Waals surface area contributed by atoms with Gasteiger partial charge in [0.25, 0.3) is 0 Å². The summed E-state index contributed by atoms with van der Waals surface area (Å²) in [4.78, 5) is 12.8. The van der Waals surface area contributed by atoms with Crippen molar-refractivity contribution >= 4 is 21.8 Å². The Kier molecular flexibility index (Phi) is 5.20. The van der Waals surface area contributed by atoms with E-state index in [1.54, 1.807) is 11.9 Å². The van der Waals surface area contributed by atoms with Crippen molar-refractivity contribution in [3.63, 3.8) is 0 Å². The average molecular weight is 220 g/mol. The van der Waals surface area contributed by atoms with Crippen LogP contribution in [-0.2, 0) is 4.79 Å². The maximum atomic E-state index is 11.1. The predicted molar refractivity (Wildman–Crippen MR) is 50.9 cm³/mol. The fourth-order valence-electron chi connectivity index (χ4n) is 0.765. The fraction of sp³-hybridized carbons (Fsp3) is 0.625. The molecule has 0 saturated carbocycles. The van der Waals surface area contributed by atoms with Crippen molar-refractivity contribution < 1.29 is 4.79 Å². The fourth-order valence-corrected chi connectivity index (χ4v) is 1.10. The zero-order valence-electron chi connectivity index (χ0n) is 7.06. The minimum Gasteiger partial charge on any atom is -0.342 e. The first kappa shape index (κ1) is 10.7. The van der Waals surface area contributed by atoms with E-state index in [1.807, 2.05) is 6.92 Å². The summed E-state index contributed by atoms with van der Waals surface area (Å²) in [5.41, 5.74) is 1.01. The lowest BCUT2D eigenvalue weighted by atomic mass is 10.3. The number of rotatable bonds is 4. The first-order valence-corrected chi connectivity index (χ1v) is 4.64. The molecule has 0 aliphatic rings. The highest BCUT2D eigenvalue weighted by Crippen LogP contribution is 1.97. The van der Waals surface area contributed by atoms with Crippen molar-refractivity contribution in [3.8, 4) is 0 Å². The molecule has 0 atom stereocenters. The Morgan fingerprint density at radius 2 is 2.18 bits per heavy atom. The molecule has 0 unspecified atom stereocenters. The van der Waals surface area contributed by atoms with E-state index in [-0.39, 0.29) is 5.91 Å². The van der Waals surface area contributed by atoms with Crippen LogP contribution in [0.1, 0.15) is 13.3 Å². The molecule has 0 aromatic heterocycles. The highest BCUT2D eigenvalue weighted by Gasteiger charge is 2.06. The number of likely N-dealkylation sites (N-methyl/N-ethyl adjacent to an activating group) is 1. The van der Waals surface area contributed by atoms with Gasteiger partial charge in [0.1, 0.15) is 0 Å². The summed E-state index contributed by atoms with van der Waals surface area (Å²) in [6, 6.07) is 0. The summed E-state index contributed by atoms with van der Waals surface area (Å²) in [7, 11) is 1.79. The van der Waals surface area contributed by atoms with Gasteiger partial charge in [-0.25, -0.2) is 0 Å². The number of hydrogen-bond acceptors (Lipinski definition) is 1. The molecule has 0 aliphatic carbocycles. The van der Waals surface area contributed by atoms with Crippen LogP contribution in [0, 0.1) is 0 Å². The molecule has 0 radical (unpaired) electrons. The van der Waals surface area contributed by atoms with Gasteiger partial charge in [-0.15, -0.1) is 0 Å². The summed E-state index contributed by atoms with van der Waals surface area (Å²) in [5.74, 6) is 0.157. The first-order valence-electron chi connectivity index (χ1n) is 3.52.